The average Bonchev–Trinajstić information content (AvgIpc) is 3.21. The number of rotatable bonds is 4. The van der Waals surface area contributed by atoms with E-state index in [2.05, 4.69) is 5.32 Å². The van der Waals surface area contributed by atoms with E-state index >= 15 is 0 Å². The molecule has 6 nitrogen and oxygen atoms in total. The summed E-state index contributed by atoms with van der Waals surface area (Å²) in [6, 6.07) is 5.63. The molecular formula is C15H20N2O4S. The largest absolute Gasteiger partial charge is 0.375 e. The van der Waals surface area contributed by atoms with Crippen LogP contribution in [0.3, 0.4) is 0 Å². The van der Waals surface area contributed by atoms with Crippen molar-refractivity contribution in [3.8, 4) is 0 Å². The highest BCUT2D eigenvalue weighted by Gasteiger charge is 2.49. The summed E-state index contributed by atoms with van der Waals surface area (Å²) in [5.41, 5.74) is 0.0479. The molecule has 3 rings (SSSR count). The Morgan fingerprint density at radius 2 is 1.95 bits per heavy atom. The molecule has 0 radical (unpaired) electrons. The van der Waals surface area contributed by atoms with Crippen molar-refractivity contribution in [1.82, 2.24) is 5.32 Å². The molecule has 0 spiro atoms. The van der Waals surface area contributed by atoms with Gasteiger partial charge in [-0.25, -0.2) is 13.6 Å². The molecule has 1 saturated heterocycles. The van der Waals surface area contributed by atoms with Gasteiger partial charge in [-0.2, -0.15) is 0 Å². The summed E-state index contributed by atoms with van der Waals surface area (Å²) in [5.74, 6) is 0.317. The van der Waals surface area contributed by atoms with Crippen LogP contribution >= 0.6 is 0 Å². The molecule has 1 aromatic carbocycles. The molecule has 2 unspecified atom stereocenters. The fourth-order valence-corrected chi connectivity index (χ4v) is 3.56. The topological polar surface area (TPSA) is 98.5 Å². The van der Waals surface area contributed by atoms with Crippen LogP contribution in [0.1, 0.15) is 36.5 Å². The summed E-state index contributed by atoms with van der Waals surface area (Å²) >= 11 is 0. The molecule has 1 aromatic rings. The molecule has 1 saturated carbocycles. The number of sulfonamides is 1. The Hall–Kier alpha value is -1.44. The van der Waals surface area contributed by atoms with Crippen LogP contribution in [0.2, 0.25) is 0 Å². The second-order valence-electron chi connectivity index (χ2n) is 6.32. The maximum atomic E-state index is 12.4. The van der Waals surface area contributed by atoms with Gasteiger partial charge in [0.2, 0.25) is 10.0 Å². The summed E-state index contributed by atoms with van der Waals surface area (Å²) in [4.78, 5) is 12.4. The van der Waals surface area contributed by atoms with Crippen LogP contribution < -0.4 is 10.5 Å². The maximum absolute atomic E-state index is 12.4. The Kier molecular flexibility index (Phi) is 3.74. The Morgan fingerprint density at radius 3 is 2.50 bits per heavy atom. The number of nitrogens with one attached hydrogen (secondary N) is 1. The van der Waals surface area contributed by atoms with E-state index in [-0.39, 0.29) is 22.4 Å². The van der Waals surface area contributed by atoms with Gasteiger partial charge in [0.25, 0.3) is 5.91 Å². The summed E-state index contributed by atoms with van der Waals surface area (Å²) < 4.78 is 28.2. The minimum absolute atomic E-state index is 0.00433. The minimum atomic E-state index is -3.74. The maximum Gasteiger partial charge on any atom is 0.251 e. The molecule has 1 aliphatic heterocycles. The molecular weight excluding hydrogens is 304 g/mol. The van der Waals surface area contributed by atoms with Gasteiger partial charge in [0.1, 0.15) is 0 Å². The Balaban J connectivity index is 1.74. The van der Waals surface area contributed by atoms with Crippen LogP contribution in [-0.4, -0.2) is 32.6 Å². The summed E-state index contributed by atoms with van der Waals surface area (Å²) in [6.45, 7) is 2.67. The van der Waals surface area contributed by atoms with Gasteiger partial charge >= 0.3 is 0 Å². The SMILES string of the molecule is CC1(NC(=O)c2ccc(S(N)(=O)=O)cc2)CCOC1C1CC1. The third-order valence-corrected chi connectivity index (χ3v) is 5.37. The van der Waals surface area contributed by atoms with Gasteiger partial charge in [-0.05, 0) is 56.4 Å². The van der Waals surface area contributed by atoms with Crippen LogP contribution in [-0.2, 0) is 14.8 Å². The first-order valence-corrected chi connectivity index (χ1v) is 8.91. The number of hydrogen-bond acceptors (Lipinski definition) is 4. The van der Waals surface area contributed by atoms with E-state index in [0.29, 0.717) is 18.1 Å². The lowest BCUT2D eigenvalue weighted by atomic mass is 9.90. The second-order valence-corrected chi connectivity index (χ2v) is 7.88. The van der Waals surface area contributed by atoms with E-state index in [1.54, 1.807) is 0 Å². The lowest BCUT2D eigenvalue weighted by Gasteiger charge is -2.31. The normalized spacial score (nSPS) is 28.5. The van der Waals surface area contributed by atoms with Gasteiger partial charge in [-0.15, -0.1) is 0 Å². The van der Waals surface area contributed by atoms with Gasteiger partial charge < -0.3 is 10.1 Å². The highest BCUT2D eigenvalue weighted by Crippen LogP contribution is 2.43. The van der Waals surface area contributed by atoms with Crippen molar-refractivity contribution in [1.29, 1.82) is 0 Å². The molecule has 1 amide bonds. The average molecular weight is 324 g/mol. The van der Waals surface area contributed by atoms with Gasteiger partial charge in [-0.3, -0.25) is 4.79 Å². The molecule has 2 aliphatic rings. The quantitative estimate of drug-likeness (QED) is 0.864. The van der Waals surface area contributed by atoms with E-state index in [0.717, 1.165) is 19.3 Å². The number of carbonyl (C=O) groups excluding carboxylic acids is 1. The van der Waals surface area contributed by atoms with Crippen molar-refractivity contribution >= 4 is 15.9 Å². The Bertz CT molecular complexity index is 682. The number of nitrogens with two attached hydrogens (primary N) is 1. The predicted octanol–water partition coefficient (Wildman–Crippen LogP) is 1.02. The van der Waals surface area contributed by atoms with E-state index in [1.165, 1.54) is 24.3 Å². The van der Waals surface area contributed by atoms with Crippen molar-refractivity contribution < 1.29 is 17.9 Å². The number of hydrogen-bond donors (Lipinski definition) is 2. The first-order valence-electron chi connectivity index (χ1n) is 7.37. The van der Waals surface area contributed by atoms with Crippen LogP contribution in [0, 0.1) is 5.92 Å². The molecule has 2 atom stereocenters. The molecule has 22 heavy (non-hydrogen) atoms. The van der Waals surface area contributed by atoms with Gasteiger partial charge in [0.15, 0.2) is 0 Å². The van der Waals surface area contributed by atoms with E-state index < -0.39 is 10.0 Å². The molecule has 1 heterocycles. The van der Waals surface area contributed by atoms with Crippen LogP contribution in [0.5, 0.6) is 0 Å². The molecule has 1 aliphatic carbocycles. The van der Waals surface area contributed by atoms with E-state index in [4.69, 9.17) is 9.88 Å². The monoisotopic (exact) mass is 324 g/mol. The van der Waals surface area contributed by atoms with Crippen molar-refractivity contribution in [2.45, 2.75) is 42.7 Å². The smallest absolute Gasteiger partial charge is 0.251 e. The fraction of sp³-hybridized carbons (Fsp3) is 0.533. The zero-order chi connectivity index (χ0) is 16.0. The fourth-order valence-electron chi connectivity index (χ4n) is 3.04. The first-order chi connectivity index (χ1) is 10.3. The molecule has 0 aromatic heterocycles. The van der Waals surface area contributed by atoms with Gasteiger partial charge in [0, 0.05) is 12.2 Å². The lowest BCUT2D eigenvalue weighted by Crippen LogP contribution is -2.52. The highest BCUT2D eigenvalue weighted by atomic mass is 32.2. The number of ether oxygens (including phenoxy) is 1. The molecule has 2 fully saturated rings. The third kappa shape index (κ3) is 3.02. The first kappa shape index (κ1) is 15.5. The van der Waals surface area contributed by atoms with Crippen molar-refractivity contribution in [2.75, 3.05) is 6.61 Å². The number of primary sulfonamides is 1. The van der Waals surface area contributed by atoms with Crippen LogP contribution in [0.15, 0.2) is 29.2 Å². The number of benzene rings is 1. The zero-order valence-electron chi connectivity index (χ0n) is 12.4. The Labute approximate surface area is 130 Å². The standard InChI is InChI=1S/C15H20N2O4S/c1-15(8-9-21-13(15)10-2-3-10)17-14(18)11-4-6-12(7-5-11)22(16,19)20/h4-7,10,13H,2-3,8-9H2,1H3,(H,17,18)(H2,16,19,20). The van der Waals surface area contributed by atoms with Gasteiger partial charge in [0.05, 0.1) is 16.5 Å². The highest BCUT2D eigenvalue weighted by molar-refractivity contribution is 7.89. The van der Waals surface area contributed by atoms with E-state index in [9.17, 15) is 13.2 Å². The summed E-state index contributed by atoms with van der Waals surface area (Å²) in [5, 5.41) is 8.11. The predicted molar refractivity (Wildman–Crippen MR) is 80.8 cm³/mol. The Morgan fingerprint density at radius 1 is 1.32 bits per heavy atom. The van der Waals surface area contributed by atoms with Crippen molar-refractivity contribution in [3.63, 3.8) is 0 Å². The third-order valence-electron chi connectivity index (χ3n) is 4.44. The molecule has 7 heteroatoms. The van der Waals surface area contributed by atoms with E-state index in [1.807, 2.05) is 6.92 Å². The summed E-state index contributed by atoms with van der Waals surface area (Å²) in [6.07, 6.45) is 3.16. The second kappa shape index (κ2) is 5.33. The molecule has 3 N–H and O–H groups in total. The van der Waals surface area contributed by atoms with Crippen LogP contribution in [0.25, 0.3) is 0 Å². The van der Waals surface area contributed by atoms with Crippen molar-refractivity contribution in [2.24, 2.45) is 11.1 Å². The minimum Gasteiger partial charge on any atom is -0.375 e. The molecule has 120 valence electrons. The zero-order valence-corrected chi connectivity index (χ0v) is 13.2. The number of carbonyl (C=O) groups is 1. The van der Waals surface area contributed by atoms with Gasteiger partial charge in [-0.1, -0.05) is 0 Å². The number of amides is 1. The van der Waals surface area contributed by atoms with Crippen LogP contribution in [0.4, 0.5) is 0 Å². The van der Waals surface area contributed by atoms with Crippen molar-refractivity contribution in [3.05, 3.63) is 29.8 Å². The molecule has 0 bridgehead atoms. The summed E-state index contributed by atoms with van der Waals surface area (Å²) in [7, 11) is -3.74. The lowest BCUT2D eigenvalue weighted by molar-refractivity contribution is 0.0514.